The van der Waals surface area contributed by atoms with E-state index in [-0.39, 0.29) is 6.04 Å². The molecule has 0 radical (unpaired) electrons. The highest BCUT2D eigenvalue weighted by atomic mass is 16.5. The summed E-state index contributed by atoms with van der Waals surface area (Å²) in [6, 6.07) is 8.09. The molecule has 1 aliphatic heterocycles. The molecule has 0 bridgehead atoms. The van der Waals surface area contributed by atoms with E-state index in [1.54, 1.807) is 7.11 Å². The molecule has 0 spiro atoms. The lowest BCUT2D eigenvalue weighted by molar-refractivity contribution is -0.0142. The Kier molecular flexibility index (Phi) is 5.64. The Balaban J connectivity index is 1.65. The van der Waals surface area contributed by atoms with Crippen molar-refractivity contribution >= 4 is 0 Å². The zero-order valence-corrected chi connectivity index (χ0v) is 17.5. The smallest absolute Gasteiger partial charge is 0.150 e. The van der Waals surface area contributed by atoms with Gasteiger partial charge < -0.3 is 9.47 Å². The first kappa shape index (κ1) is 19.6. The molecule has 1 atom stereocenters. The van der Waals surface area contributed by atoms with Gasteiger partial charge in [-0.15, -0.1) is 0 Å². The first-order chi connectivity index (χ1) is 14.1. The van der Waals surface area contributed by atoms with Gasteiger partial charge in [-0.05, 0) is 26.0 Å². The summed E-state index contributed by atoms with van der Waals surface area (Å²) in [5.41, 5.74) is 4.32. The summed E-state index contributed by atoms with van der Waals surface area (Å²) in [6.07, 6.45) is 0.828. The van der Waals surface area contributed by atoms with Gasteiger partial charge in [-0.25, -0.2) is 9.67 Å². The second kappa shape index (κ2) is 8.34. The average molecular weight is 396 g/mol. The maximum absolute atomic E-state index is 5.85. The minimum atomic E-state index is 0.123. The van der Waals surface area contributed by atoms with E-state index in [9.17, 15) is 0 Å². The van der Waals surface area contributed by atoms with Crippen LogP contribution in [0, 0.1) is 13.8 Å². The van der Waals surface area contributed by atoms with Crippen molar-refractivity contribution in [2.75, 3.05) is 26.9 Å². The number of aromatic nitrogens is 5. The summed E-state index contributed by atoms with van der Waals surface area (Å²) in [6.45, 7) is 9.15. The number of aromatic amines is 1. The standard InChI is InChI=1S/C21H28N6O2/c1-5-19-22-20(24-23-19)12-26-9-10-29-13-18(26)21-14(2)25-27(15(21)3)16-7-6-8-17(11-16)28-4/h6-8,11,18H,5,9-10,12-13H2,1-4H3,(H,22,23,24). The number of methoxy groups -OCH3 is 1. The molecule has 3 heterocycles. The maximum atomic E-state index is 5.85. The van der Waals surface area contributed by atoms with Gasteiger partial charge in [0.25, 0.3) is 0 Å². The fraction of sp³-hybridized carbons (Fsp3) is 0.476. The predicted molar refractivity (Wildman–Crippen MR) is 109 cm³/mol. The van der Waals surface area contributed by atoms with Crippen LogP contribution in [0.25, 0.3) is 5.69 Å². The van der Waals surface area contributed by atoms with E-state index in [4.69, 9.17) is 14.6 Å². The summed E-state index contributed by atoms with van der Waals surface area (Å²) in [7, 11) is 1.68. The minimum absolute atomic E-state index is 0.123. The van der Waals surface area contributed by atoms with Crippen LogP contribution >= 0.6 is 0 Å². The highest BCUT2D eigenvalue weighted by Crippen LogP contribution is 2.32. The molecule has 0 amide bonds. The van der Waals surface area contributed by atoms with Crippen molar-refractivity contribution in [1.82, 2.24) is 29.9 Å². The lowest BCUT2D eigenvalue weighted by Crippen LogP contribution is -2.39. The zero-order valence-electron chi connectivity index (χ0n) is 17.5. The van der Waals surface area contributed by atoms with Gasteiger partial charge >= 0.3 is 0 Å². The molecule has 3 aromatic rings. The maximum Gasteiger partial charge on any atom is 0.150 e. The Morgan fingerprint density at radius 2 is 2.17 bits per heavy atom. The van der Waals surface area contributed by atoms with E-state index in [2.05, 4.69) is 40.9 Å². The van der Waals surface area contributed by atoms with E-state index < -0.39 is 0 Å². The number of hydrogen-bond donors (Lipinski definition) is 1. The SMILES string of the molecule is CCc1n[nH]c(CN2CCOCC2c2c(C)nn(-c3cccc(OC)c3)c2C)n1. The van der Waals surface area contributed by atoms with Crippen molar-refractivity contribution in [1.29, 1.82) is 0 Å². The Hall–Kier alpha value is -2.71. The number of rotatable bonds is 6. The van der Waals surface area contributed by atoms with Crippen LogP contribution in [0.5, 0.6) is 5.75 Å². The Bertz CT molecular complexity index is 979. The molecular formula is C21H28N6O2. The van der Waals surface area contributed by atoms with Gasteiger partial charge in [-0.2, -0.15) is 10.2 Å². The average Bonchev–Trinajstić information content (AvgIpc) is 3.32. The van der Waals surface area contributed by atoms with Crippen LogP contribution in [0.4, 0.5) is 0 Å². The van der Waals surface area contributed by atoms with E-state index in [0.717, 1.165) is 47.4 Å². The van der Waals surface area contributed by atoms with Crippen molar-refractivity contribution in [2.24, 2.45) is 0 Å². The molecular weight excluding hydrogens is 368 g/mol. The van der Waals surface area contributed by atoms with Crippen LogP contribution in [-0.4, -0.2) is 56.7 Å². The van der Waals surface area contributed by atoms with Crippen molar-refractivity contribution in [2.45, 2.75) is 39.8 Å². The van der Waals surface area contributed by atoms with Gasteiger partial charge in [-0.1, -0.05) is 13.0 Å². The monoisotopic (exact) mass is 396 g/mol. The third-order valence-corrected chi connectivity index (χ3v) is 5.46. The Labute approximate surface area is 170 Å². The van der Waals surface area contributed by atoms with Gasteiger partial charge in [0.05, 0.1) is 44.3 Å². The van der Waals surface area contributed by atoms with Gasteiger partial charge in [0.2, 0.25) is 0 Å². The number of hydrogen-bond acceptors (Lipinski definition) is 6. The summed E-state index contributed by atoms with van der Waals surface area (Å²) in [5, 5.41) is 12.2. The molecule has 1 aromatic carbocycles. The molecule has 8 heteroatoms. The van der Waals surface area contributed by atoms with Crippen LogP contribution in [-0.2, 0) is 17.7 Å². The lowest BCUT2D eigenvalue weighted by Gasteiger charge is -2.35. The number of benzene rings is 1. The second-order valence-electron chi connectivity index (χ2n) is 7.31. The molecule has 1 saturated heterocycles. The van der Waals surface area contributed by atoms with Crippen LogP contribution in [0.1, 0.15) is 41.6 Å². The van der Waals surface area contributed by atoms with Crippen LogP contribution < -0.4 is 4.74 Å². The van der Waals surface area contributed by atoms with Crippen molar-refractivity contribution < 1.29 is 9.47 Å². The van der Waals surface area contributed by atoms with Gasteiger partial charge in [0.1, 0.15) is 17.4 Å². The number of morpholine rings is 1. The van der Waals surface area contributed by atoms with Gasteiger partial charge in [0, 0.05) is 30.3 Å². The molecule has 2 aromatic heterocycles. The third kappa shape index (κ3) is 3.90. The van der Waals surface area contributed by atoms with E-state index in [0.29, 0.717) is 19.8 Å². The lowest BCUT2D eigenvalue weighted by atomic mass is 10.0. The zero-order chi connectivity index (χ0) is 20.4. The van der Waals surface area contributed by atoms with Crippen LogP contribution in [0.2, 0.25) is 0 Å². The second-order valence-corrected chi connectivity index (χ2v) is 7.31. The summed E-state index contributed by atoms with van der Waals surface area (Å²) in [4.78, 5) is 6.98. The highest BCUT2D eigenvalue weighted by molar-refractivity contribution is 5.42. The first-order valence-electron chi connectivity index (χ1n) is 10.0. The molecule has 1 fully saturated rings. The van der Waals surface area contributed by atoms with E-state index in [1.165, 1.54) is 5.56 Å². The Morgan fingerprint density at radius 1 is 1.31 bits per heavy atom. The van der Waals surface area contributed by atoms with Crippen LogP contribution in [0.3, 0.4) is 0 Å². The van der Waals surface area contributed by atoms with Gasteiger partial charge in [0.15, 0.2) is 0 Å². The van der Waals surface area contributed by atoms with E-state index >= 15 is 0 Å². The van der Waals surface area contributed by atoms with Crippen LogP contribution in [0.15, 0.2) is 24.3 Å². The van der Waals surface area contributed by atoms with Crippen molar-refractivity contribution in [3.05, 3.63) is 52.9 Å². The predicted octanol–water partition coefficient (Wildman–Crippen LogP) is 2.75. The largest absolute Gasteiger partial charge is 0.497 e. The molecule has 8 nitrogen and oxygen atoms in total. The molecule has 0 saturated carbocycles. The fourth-order valence-electron chi connectivity index (χ4n) is 3.98. The fourth-order valence-corrected chi connectivity index (χ4v) is 3.98. The number of nitrogens with one attached hydrogen (secondary N) is 1. The molecule has 4 rings (SSSR count). The minimum Gasteiger partial charge on any atom is -0.497 e. The van der Waals surface area contributed by atoms with Crippen molar-refractivity contribution in [3.8, 4) is 11.4 Å². The topological polar surface area (TPSA) is 81.1 Å². The number of ether oxygens (including phenoxy) is 2. The normalized spacial score (nSPS) is 17.6. The highest BCUT2D eigenvalue weighted by Gasteiger charge is 2.30. The number of nitrogens with zero attached hydrogens (tertiary/aromatic N) is 5. The van der Waals surface area contributed by atoms with Crippen molar-refractivity contribution in [3.63, 3.8) is 0 Å². The molecule has 0 aliphatic carbocycles. The first-order valence-corrected chi connectivity index (χ1v) is 10.0. The molecule has 1 N–H and O–H groups in total. The van der Waals surface area contributed by atoms with Gasteiger partial charge in [-0.3, -0.25) is 10.00 Å². The summed E-state index contributed by atoms with van der Waals surface area (Å²) < 4.78 is 13.2. The van der Waals surface area contributed by atoms with E-state index in [1.807, 2.05) is 28.9 Å². The summed E-state index contributed by atoms with van der Waals surface area (Å²) >= 11 is 0. The third-order valence-electron chi connectivity index (χ3n) is 5.46. The molecule has 1 aliphatic rings. The molecule has 29 heavy (non-hydrogen) atoms. The summed E-state index contributed by atoms with van der Waals surface area (Å²) in [5.74, 6) is 2.56. The number of H-pyrrole nitrogens is 1. The Morgan fingerprint density at radius 3 is 2.93 bits per heavy atom. The molecule has 1 unspecified atom stereocenters. The number of aryl methyl sites for hydroxylation is 2. The molecule has 154 valence electrons. The quantitative estimate of drug-likeness (QED) is 0.690.